The van der Waals surface area contributed by atoms with Crippen LogP contribution < -0.4 is 0 Å². The highest BCUT2D eigenvalue weighted by molar-refractivity contribution is 5.68. The van der Waals surface area contributed by atoms with Gasteiger partial charge in [0, 0.05) is 5.57 Å². The summed E-state index contributed by atoms with van der Waals surface area (Å²) in [6.07, 6.45) is 9.51. The molecule has 2 aromatic heterocycles. The van der Waals surface area contributed by atoms with Crippen molar-refractivity contribution >= 4 is 5.57 Å². The highest BCUT2D eigenvalue weighted by Gasteiger charge is 2.21. The molecule has 0 saturated carbocycles. The molecule has 3 rings (SSSR count). The summed E-state index contributed by atoms with van der Waals surface area (Å²) in [5.41, 5.74) is 2.28. The van der Waals surface area contributed by atoms with Crippen LogP contribution in [-0.4, -0.2) is 29.5 Å². The molecule has 0 bridgehead atoms. The normalized spacial score (nSPS) is 12.3. The van der Waals surface area contributed by atoms with Gasteiger partial charge in [-0.25, -0.2) is 19.3 Å². The molecule has 0 radical (unpaired) electrons. The monoisotopic (exact) mass is 308 g/mol. The van der Waals surface area contributed by atoms with Crippen molar-refractivity contribution in [2.24, 2.45) is 5.92 Å². The molecule has 0 saturated heterocycles. The second kappa shape index (κ2) is 7.00. The van der Waals surface area contributed by atoms with Crippen LogP contribution in [0.15, 0.2) is 61.7 Å². The van der Waals surface area contributed by atoms with Crippen molar-refractivity contribution in [1.29, 1.82) is 0 Å². The van der Waals surface area contributed by atoms with E-state index in [4.69, 9.17) is 0 Å². The van der Waals surface area contributed by atoms with Gasteiger partial charge >= 0.3 is 0 Å². The van der Waals surface area contributed by atoms with Crippen LogP contribution >= 0.6 is 0 Å². The Hall–Kier alpha value is -2.76. The Kier molecular flexibility index (Phi) is 4.61. The molecule has 0 aliphatic heterocycles. The van der Waals surface area contributed by atoms with Crippen LogP contribution in [0.25, 0.3) is 5.57 Å². The first-order chi connectivity index (χ1) is 11.3. The molecule has 0 fully saturated rings. The van der Waals surface area contributed by atoms with Gasteiger partial charge in [-0.2, -0.15) is 10.2 Å². The standard InChI is InChI=1S/C17H20N6/c1-14(2)8-9-16(15-6-4-3-5-7-15)17(22-12-18-10-20-22)23-13-19-11-21-23/h3-7,9-14,17H,8H2,1-2H3. The van der Waals surface area contributed by atoms with Crippen LogP contribution in [0.3, 0.4) is 0 Å². The number of aromatic nitrogens is 6. The lowest BCUT2D eigenvalue weighted by molar-refractivity contribution is 0.440. The Balaban J connectivity index is 2.10. The van der Waals surface area contributed by atoms with Crippen LogP contribution in [0, 0.1) is 5.92 Å². The molecule has 2 heterocycles. The summed E-state index contributed by atoms with van der Waals surface area (Å²) in [5.74, 6) is 0.570. The smallest absolute Gasteiger partial charge is 0.172 e. The lowest BCUT2D eigenvalue weighted by Gasteiger charge is -2.21. The Bertz CT molecular complexity index is 695. The Morgan fingerprint density at radius 3 is 2.09 bits per heavy atom. The van der Waals surface area contributed by atoms with Gasteiger partial charge < -0.3 is 0 Å². The summed E-state index contributed by atoms with van der Waals surface area (Å²) in [6.45, 7) is 4.41. The summed E-state index contributed by atoms with van der Waals surface area (Å²) in [5, 5.41) is 8.64. The zero-order chi connectivity index (χ0) is 16.1. The fourth-order valence-corrected chi connectivity index (χ4v) is 2.46. The number of benzene rings is 1. The first-order valence-corrected chi connectivity index (χ1v) is 7.69. The van der Waals surface area contributed by atoms with Gasteiger partial charge in [0.25, 0.3) is 0 Å². The quantitative estimate of drug-likeness (QED) is 0.702. The molecule has 0 N–H and O–H groups in total. The van der Waals surface area contributed by atoms with Crippen LogP contribution in [0.4, 0.5) is 0 Å². The minimum atomic E-state index is -0.207. The number of hydrogen-bond acceptors (Lipinski definition) is 4. The first kappa shape index (κ1) is 15.1. The second-order valence-electron chi connectivity index (χ2n) is 5.78. The van der Waals surface area contributed by atoms with E-state index in [1.54, 1.807) is 22.0 Å². The van der Waals surface area contributed by atoms with E-state index in [0.717, 1.165) is 17.6 Å². The third-order valence-electron chi connectivity index (χ3n) is 3.57. The summed E-state index contributed by atoms with van der Waals surface area (Å²) in [7, 11) is 0. The van der Waals surface area contributed by atoms with Crippen molar-refractivity contribution < 1.29 is 0 Å². The maximum Gasteiger partial charge on any atom is 0.172 e. The Morgan fingerprint density at radius 1 is 1.00 bits per heavy atom. The average molecular weight is 308 g/mol. The molecular weight excluding hydrogens is 288 g/mol. The topological polar surface area (TPSA) is 61.4 Å². The molecule has 0 aliphatic carbocycles. The number of rotatable bonds is 6. The predicted molar refractivity (Wildman–Crippen MR) is 88.4 cm³/mol. The fourth-order valence-electron chi connectivity index (χ4n) is 2.46. The molecule has 0 atom stereocenters. The van der Waals surface area contributed by atoms with E-state index in [-0.39, 0.29) is 6.17 Å². The van der Waals surface area contributed by atoms with Crippen LogP contribution in [0.1, 0.15) is 32.0 Å². The minimum Gasteiger partial charge on any atom is -0.224 e. The molecule has 118 valence electrons. The van der Waals surface area contributed by atoms with E-state index in [9.17, 15) is 0 Å². The second-order valence-corrected chi connectivity index (χ2v) is 5.78. The van der Waals surface area contributed by atoms with Gasteiger partial charge in [0.15, 0.2) is 6.17 Å². The summed E-state index contributed by atoms with van der Waals surface area (Å²) in [6, 6.07) is 10.3. The highest BCUT2D eigenvalue weighted by atomic mass is 15.5. The van der Waals surface area contributed by atoms with Gasteiger partial charge in [-0.05, 0) is 17.9 Å². The van der Waals surface area contributed by atoms with E-state index in [2.05, 4.69) is 52.2 Å². The fraction of sp³-hybridized carbons (Fsp3) is 0.294. The Labute approximate surface area is 135 Å². The van der Waals surface area contributed by atoms with Gasteiger partial charge in [-0.1, -0.05) is 50.3 Å². The molecule has 0 amide bonds. The van der Waals surface area contributed by atoms with E-state index in [1.807, 2.05) is 18.2 Å². The summed E-state index contributed by atoms with van der Waals surface area (Å²) < 4.78 is 3.60. The van der Waals surface area contributed by atoms with E-state index in [1.165, 1.54) is 12.7 Å². The summed E-state index contributed by atoms with van der Waals surface area (Å²) in [4.78, 5) is 8.17. The van der Waals surface area contributed by atoms with Gasteiger partial charge in [0.1, 0.15) is 25.3 Å². The zero-order valence-electron chi connectivity index (χ0n) is 13.3. The average Bonchev–Trinajstić information content (AvgIpc) is 3.26. The molecule has 0 aliphatic rings. The van der Waals surface area contributed by atoms with Crippen molar-refractivity contribution in [3.63, 3.8) is 0 Å². The SMILES string of the molecule is CC(C)CC=C(c1ccccc1)C(n1cncn1)n1cncn1. The van der Waals surface area contributed by atoms with E-state index < -0.39 is 0 Å². The maximum absolute atomic E-state index is 4.32. The van der Waals surface area contributed by atoms with Gasteiger partial charge in [0.05, 0.1) is 0 Å². The Morgan fingerprint density at radius 2 is 1.61 bits per heavy atom. The van der Waals surface area contributed by atoms with Crippen LogP contribution in [0.5, 0.6) is 0 Å². The van der Waals surface area contributed by atoms with E-state index in [0.29, 0.717) is 5.92 Å². The third-order valence-corrected chi connectivity index (χ3v) is 3.57. The molecule has 6 nitrogen and oxygen atoms in total. The molecular formula is C17H20N6. The maximum atomic E-state index is 4.32. The van der Waals surface area contributed by atoms with Crippen molar-refractivity contribution in [1.82, 2.24) is 29.5 Å². The van der Waals surface area contributed by atoms with Gasteiger partial charge in [-0.15, -0.1) is 0 Å². The zero-order valence-corrected chi connectivity index (χ0v) is 13.3. The number of hydrogen-bond donors (Lipinski definition) is 0. The van der Waals surface area contributed by atoms with Crippen molar-refractivity contribution in [2.45, 2.75) is 26.4 Å². The number of allylic oxidation sites excluding steroid dienone is 2. The molecule has 23 heavy (non-hydrogen) atoms. The lowest BCUT2D eigenvalue weighted by atomic mass is 9.99. The molecule has 6 heteroatoms. The van der Waals surface area contributed by atoms with Gasteiger partial charge in [-0.3, -0.25) is 0 Å². The molecule has 0 spiro atoms. The minimum absolute atomic E-state index is 0.207. The number of nitrogens with zero attached hydrogens (tertiary/aromatic N) is 6. The lowest BCUT2D eigenvalue weighted by Crippen LogP contribution is -2.21. The van der Waals surface area contributed by atoms with Crippen molar-refractivity contribution in [3.8, 4) is 0 Å². The predicted octanol–water partition coefficient (Wildman–Crippen LogP) is 3.05. The van der Waals surface area contributed by atoms with Crippen LogP contribution in [0.2, 0.25) is 0 Å². The summed E-state index contributed by atoms with van der Waals surface area (Å²) >= 11 is 0. The molecule has 1 aromatic carbocycles. The van der Waals surface area contributed by atoms with Crippen molar-refractivity contribution in [3.05, 3.63) is 67.3 Å². The molecule has 0 unspecified atom stereocenters. The first-order valence-electron chi connectivity index (χ1n) is 7.69. The van der Waals surface area contributed by atoms with E-state index >= 15 is 0 Å². The molecule has 3 aromatic rings. The third kappa shape index (κ3) is 3.53. The highest BCUT2D eigenvalue weighted by Crippen LogP contribution is 2.29. The van der Waals surface area contributed by atoms with Crippen molar-refractivity contribution in [2.75, 3.05) is 0 Å². The van der Waals surface area contributed by atoms with Gasteiger partial charge in [0.2, 0.25) is 0 Å². The van der Waals surface area contributed by atoms with Crippen LogP contribution in [-0.2, 0) is 0 Å². The largest absolute Gasteiger partial charge is 0.224 e.